The molecule has 0 atom stereocenters. The molecule has 0 fully saturated rings. The van der Waals surface area contributed by atoms with Crippen LogP contribution in [0.4, 0.5) is 5.69 Å². The number of anilines is 1. The van der Waals surface area contributed by atoms with Crippen molar-refractivity contribution in [1.29, 1.82) is 0 Å². The number of halogens is 2. The van der Waals surface area contributed by atoms with Gasteiger partial charge in [-0.3, -0.25) is 4.72 Å². The fourth-order valence-corrected chi connectivity index (χ4v) is 4.53. The van der Waals surface area contributed by atoms with Crippen LogP contribution in [0.25, 0.3) is 0 Å². The third kappa shape index (κ3) is 3.27. The van der Waals surface area contributed by atoms with E-state index in [1.807, 2.05) is 6.92 Å². The van der Waals surface area contributed by atoms with Gasteiger partial charge in [0, 0.05) is 16.4 Å². The molecule has 0 unspecified atom stereocenters. The van der Waals surface area contributed by atoms with Gasteiger partial charge in [0.25, 0.3) is 10.0 Å². The fourth-order valence-electron chi connectivity index (χ4n) is 1.59. The van der Waals surface area contributed by atoms with Crippen LogP contribution in [-0.2, 0) is 16.6 Å². The average molecular weight is 351 g/mol. The summed E-state index contributed by atoms with van der Waals surface area (Å²) in [6.07, 6.45) is 0. The predicted octanol–water partition coefficient (Wildman–Crippen LogP) is 3.62. The zero-order valence-electron chi connectivity index (χ0n) is 10.5. The molecule has 1 aromatic carbocycles. The lowest BCUT2D eigenvalue weighted by Gasteiger charge is -2.08. The van der Waals surface area contributed by atoms with Gasteiger partial charge >= 0.3 is 0 Å². The van der Waals surface area contributed by atoms with Crippen LogP contribution in [0.3, 0.4) is 0 Å². The molecule has 0 saturated carbocycles. The van der Waals surface area contributed by atoms with E-state index in [1.165, 1.54) is 12.1 Å². The zero-order chi connectivity index (χ0) is 14.9. The molecule has 0 spiro atoms. The van der Waals surface area contributed by atoms with Crippen LogP contribution in [0.2, 0.25) is 10.0 Å². The van der Waals surface area contributed by atoms with E-state index >= 15 is 0 Å². The average Bonchev–Trinajstić information content (AvgIpc) is 2.76. The second-order valence-corrected chi connectivity index (χ2v) is 8.00. The number of benzene rings is 1. The van der Waals surface area contributed by atoms with Crippen molar-refractivity contribution in [3.05, 3.63) is 44.8 Å². The molecule has 20 heavy (non-hydrogen) atoms. The first-order valence-electron chi connectivity index (χ1n) is 5.60. The van der Waals surface area contributed by atoms with Gasteiger partial charge in [0.2, 0.25) is 0 Å². The Morgan fingerprint density at radius 2 is 2.00 bits per heavy atom. The number of rotatable bonds is 4. The van der Waals surface area contributed by atoms with Crippen LogP contribution in [0, 0.1) is 6.92 Å². The van der Waals surface area contributed by atoms with E-state index in [9.17, 15) is 8.42 Å². The Hall–Kier alpha value is -0.790. The highest BCUT2D eigenvalue weighted by Gasteiger charge is 2.19. The van der Waals surface area contributed by atoms with Gasteiger partial charge in [0.1, 0.15) is 4.21 Å². The number of aryl methyl sites for hydroxylation is 1. The summed E-state index contributed by atoms with van der Waals surface area (Å²) in [6.45, 7) is 2.13. The number of nitrogens with one attached hydrogen (secondary N) is 1. The van der Waals surface area contributed by atoms with Gasteiger partial charge in [-0.15, -0.1) is 11.3 Å². The first kappa shape index (κ1) is 15.6. The van der Waals surface area contributed by atoms with Gasteiger partial charge in [0.05, 0.1) is 10.7 Å². The second-order valence-electron chi connectivity index (χ2n) is 4.11. The zero-order valence-corrected chi connectivity index (χ0v) is 13.6. The Morgan fingerprint density at radius 3 is 2.60 bits per heavy atom. The molecular weight excluding hydrogens is 339 g/mol. The van der Waals surface area contributed by atoms with E-state index in [0.29, 0.717) is 11.6 Å². The molecule has 0 aliphatic rings. The van der Waals surface area contributed by atoms with Crippen LogP contribution in [-0.4, -0.2) is 8.42 Å². The molecule has 2 aromatic rings. The minimum Gasteiger partial charge on any atom is -0.326 e. The monoisotopic (exact) mass is 350 g/mol. The maximum atomic E-state index is 12.3. The van der Waals surface area contributed by atoms with Crippen LogP contribution >= 0.6 is 34.5 Å². The summed E-state index contributed by atoms with van der Waals surface area (Å²) >= 11 is 12.9. The predicted molar refractivity (Wildman–Crippen MR) is 84.2 cm³/mol. The third-order valence-electron chi connectivity index (χ3n) is 2.62. The topological polar surface area (TPSA) is 72.2 Å². The van der Waals surface area contributed by atoms with Gasteiger partial charge in [0.15, 0.2) is 0 Å². The first-order valence-corrected chi connectivity index (χ1v) is 8.66. The highest BCUT2D eigenvalue weighted by molar-refractivity contribution is 7.94. The molecule has 8 heteroatoms. The molecule has 0 amide bonds. The Morgan fingerprint density at radius 1 is 1.30 bits per heavy atom. The standard InChI is InChI=1S/C12H12Cl2N2O2S2/c1-7-4-12(19-11(7)6-15)20(17,18)16-10-5-8(13)2-3-9(10)14/h2-5,16H,6,15H2,1H3. The van der Waals surface area contributed by atoms with Gasteiger partial charge < -0.3 is 5.73 Å². The molecule has 108 valence electrons. The molecule has 1 aromatic heterocycles. The molecule has 0 bridgehead atoms. The van der Waals surface area contributed by atoms with E-state index in [2.05, 4.69) is 4.72 Å². The van der Waals surface area contributed by atoms with Crippen molar-refractivity contribution in [2.45, 2.75) is 17.7 Å². The SMILES string of the molecule is Cc1cc(S(=O)(=O)Nc2cc(Cl)ccc2Cl)sc1CN. The van der Waals surface area contributed by atoms with Crippen molar-refractivity contribution < 1.29 is 8.42 Å². The number of sulfonamides is 1. The van der Waals surface area contributed by atoms with Crippen LogP contribution in [0.5, 0.6) is 0 Å². The Kier molecular flexibility index (Phi) is 4.61. The van der Waals surface area contributed by atoms with Crippen molar-refractivity contribution in [3.63, 3.8) is 0 Å². The van der Waals surface area contributed by atoms with E-state index in [4.69, 9.17) is 28.9 Å². The number of thiophene rings is 1. The second kappa shape index (κ2) is 5.91. The third-order valence-corrected chi connectivity index (χ3v) is 6.28. The highest BCUT2D eigenvalue weighted by atomic mass is 35.5. The minimum atomic E-state index is -3.69. The number of hydrogen-bond acceptors (Lipinski definition) is 4. The fraction of sp³-hybridized carbons (Fsp3) is 0.167. The van der Waals surface area contributed by atoms with E-state index in [0.717, 1.165) is 21.8 Å². The summed E-state index contributed by atoms with van der Waals surface area (Å²) in [5, 5.41) is 0.683. The summed E-state index contributed by atoms with van der Waals surface area (Å²) in [7, 11) is -3.69. The number of nitrogens with two attached hydrogens (primary N) is 1. The maximum Gasteiger partial charge on any atom is 0.271 e. The van der Waals surface area contributed by atoms with Crippen LogP contribution in [0.15, 0.2) is 28.5 Å². The summed E-state index contributed by atoms with van der Waals surface area (Å²) in [4.78, 5) is 0.836. The van der Waals surface area contributed by atoms with Crippen molar-refractivity contribution in [1.82, 2.24) is 0 Å². The van der Waals surface area contributed by atoms with Crippen LogP contribution in [0.1, 0.15) is 10.4 Å². The summed E-state index contributed by atoms with van der Waals surface area (Å²) < 4.78 is 27.2. The van der Waals surface area contributed by atoms with Crippen molar-refractivity contribution in [2.75, 3.05) is 4.72 Å². The van der Waals surface area contributed by atoms with Crippen molar-refractivity contribution in [3.8, 4) is 0 Å². The van der Waals surface area contributed by atoms with Gasteiger partial charge in [-0.05, 0) is 36.8 Å². The molecule has 3 N–H and O–H groups in total. The maximum absolute atomic E-state index is 12.3. The normalized spacial score (nSPS) is 11.6. The van der Waals surface area contributed by atoms with Crippen molar-refractivity contribution >= 4 is 50.2 Å². The van der Waals surface area contributed by atoms with Crippen molar-refractivity contribution in [2.24, 2.45) is 5.73 Å². The molecule has 1 heterocycles. The lowest BCUT2D eigenvalue weighted by molar-refractivity contribution is 0.603. The van der Waals surface area contributed by atoms with Crippen LogP contribution < -0.4 is 10.5 Å². The molecule has 2 rings (SSSR count). The summed E-state index contributed by atoms with van der Waals surface area (Å²) in [6, 6.07) is 6.18. The Bertz CT molecular complexity index is 742. The quantitative estimate of drug-likeness (QED) is 0.884. The largest absolute Gasteiger partial charge is 0.326 e. The Balaban J connectivity index is 2.37. The lowest BCUT2D eigenvalue weighted by atomic mass is 10.3. The lowest BCUT2D eigenvalue weighted by Crippen LogP contribution is -2.11. The molecule has 0 radical (unpaired) electrons. The van der Waals surface area contributed by atoms with E-state index in [1.54, 1.807) is 12.1 Å². The molecule has 0 aliphatic carbocycles. The first-order chi connectivity index (χ1) is 9.33. The molecule has 0 aliphatic heterocycles. The number of hydrogen-bond donors (Lipinski definition) is 2. The molecule has 4 nitrogen and oxygen atoms in total. The molecule has 0 saturated heterocycles. The van der Waals surface area contributed by atoms with Gasteiger partial charge in [-0.2, -0.15) is 0 Å². The highest BCUT2D eigenvalue weighted by Crippen LogP contribution is 2.31. The Labute approximate surface area is 131 Å². The van der Waals surface area contributed by atoms with E-state index < -0.39 is 10.0 Å². The minimum absolute atomic E-state index is 0.200. The van der Waals surface area contributed by atoms with E-state index in [-0.39, 0.29) is 14.9 Å². The van der Waals surface area contributed by atoms with Gasteiger partial charge in [-0.25, -0.2) is 8.42 Å². The summed E-state index contributed by atoms with van der Waals surface area (Å²) in [5.41, 5.74) is 6.67. The summed E-state index contributed by atoms with van der Waals surface area (Å²) in [5.74, 6) is 0. The van der Waals surface area contributed by atoms with Gasteiger partial charge in [-0.1, -0.05) is 23.2 Å². The molecular formula is C12H12Cl2N2O2S2. The smallest absolute Gasteiger partial charge is 0.271 e.